The fourth-order valence-electron chi connectivity index (χ4n) is 2.10. The molecule has 0 atom stereocenters. The minimum atomic E-state index is -0.947. The lowest BCUT2D eigenvalue weighted by molar-refractivity contribution is 0.0598. The highest BCUT2D eigenvalue weighted by atomic mass is 79.9. The third kappa shape index (κ3) is 3.53. The molecule has 24 heavy (non-hydrogen) atoms. The number of halogens is 5. The maximum absolute atomic E-state index is 14.5. The summed E-state index contributed by atoms with van der Waals surface area (Å²) in [5.74, 6) is -3.17. The molecule has 0 unspecified atom stereocenters. The van der Waals surface area contributed by atoms with Crippen LogP contribution in [0, 0.1) is 11.6 Å². The number of hydrogen-bond donors (Lipinski definition) is 0. The van der Waals surface area contributed by atoms with Gasteiger partial charge in [0.25, 0.3) is 0 Å². The molecular formula is C16H9Br2ClF2O3. The molecule has 0 bridgehead atoms. The maximum Gasteiger partial charge on any atom is 0.338 e. The van der Waals surface area contributed by atoms with Crippen LogP contribution in [-0.4, -0.2) is 18.9 Å². The van der Waals surface area contributed by atoms with E-state index in [0.717, 1.165) is 25.3 Å². The number of hydrogen-bond acceptors (Lipinski definition) is 3. The van der Waals surface area contributed by atoms with Crippen LogP contribution in [0.4, 0.5) is 8.78 Å². The van der Waals surface area contributed by atoms with Gasteiger partial charge in [0.15, 0.2) is 5.78 Å². The summed E-state index contributed by atoms with van der Waals surface area (Å²) in [5, 5.41) is 0.153. The monoisotopic (exact) mass is 480 g/mol. The zero-order valence-corrected chi connectivity index (χ0v) is 16.1. The van der Waals surface area contributed by atoms with Crippen molar-refractivity contribution in [2.24, 2.45) is 0 Å². The van der Waals surface area contributed by atoms with Crippen molar-refractivity contribution in [1.29, 1.82) is 0 Å². The SMILES string of the molecule is COC(=O)c1cc(F)c(C(=O)c2cc(F)ccc2Cl)c(Br)c1CBr. The third-order valence-electron chi connectivity index (χ3n) is 3.26. The van der Waals surface area contributed by atoms with E-state index in [0.29, 0.717) is 5.56 Å². The van der Waals surface area contributed by atoms with E-state index in [1.165, 1.54) is 6.07 Å². The lowest BCUT2D eigenvalue weighted by atomic mass is 9.97. The first-order valence-corrected chi connectivity index (χ1v) is 8.76. The number of carbonyl (C=O) groups excluding carboxylic acids is 2. The van der Waals surface area contributed by atoms with Gasteiger partial charge in [-0.05, 0) is 45.8 Å². The van der Waals surface area contributed by atoms with Crippen molar-refractivity contribution in [3.8, 4) is 0 Å². The number of esters is 1. The summed E-state index contributed by atoms with van der Waals surface area (Å²) >= 11 is 12.3. The van der Waals surface area contributed by atoms with Crippen LogP contribution in [0.2, 0.25) is 5.02 Å². The van der Waals surface area contributed by atoms with Crippen LogP contribution in [0.1, 0.15) is 31.8 Å². The normalized spacial score (nSPS) is 10.6. The number of ether oxygens (including phenoxy) is 1. The Balaban J connectivity index is 2.69. The molecule has 126 valence electrons. The summed E-state index contributed by atoms with van der Waals surface area (Å²) in [7, 11) is 1.16. The highest BCUT2D eigenvalue weighted by Gasteiger charge is 2.26. The van der Waals surface area contributed by atoms with E-state index in [9.17, 15) is 18.4 Å². The summed E-state index contributed by atoms with van der Waals surface area (Å²) in [6.45, 7) is 0. The predicted molar refractivity (Wildman–Crippen MR) is 92.9 cm³/mol. The van der Waals surface area contributed by atoms with Crippen LogP contribution in [0.3, 0.4) is 0 Å². The average Bonchev–Trinajstić information content (AvgIpc) is 2.55. The van der Waals surface area contributed by atoms with Gasteiger partial charge in [0, 0.05) is 15.4 Å². The zero-order valence-electron chi connectivity index (χ0n) is 12.1. The van der Waals surface area contributed by atoms with Crippen LogP contribution in [0.25, 0.3) is 0 Å². The Morgan fingerprint density at radius 3 is 2.46 bits per heavy atom. The fraction of sp³-hybridized carbons (Fsp3) is 0.125. The summed E-state index contributed by atoms with van der Waals surface area (Å²) in [6.07, 6.45) is 0. The van der Waals surface area contributed by atoms with Crippen LogP contribution < -0.4 is 0 Å². The Morgan fingerprint density at radius 1 is 1.21 bits per heavy atom. The number of carbonyl (C=O) groups is 2. The number of benzene rings is 2. The topological polar surface area (TPSA) is 43.4 Å². The lowest BCUT2D eigenvalue weighted by Gasteiger charge is -2.13. The van der Waals surface area contributed by atoms with Gasteiger partial charge in [-0.3, -0.25) is 4.79 Å². The van der Waals surface area contributed by atoms with E-state index in [2.05, 4.69) is 36.6 Å². The largest absolute Gasteiger partial charge is 0.465 e. The van der Waals surface area contributed by atoms with Gasteiger partial charge in [-0.15, -0.1) is 0 Å². The molecule has 0 N–H and O–H groups in total. The van der Waals surface area contributed by atoms with Crippen LogP contribution in [0.5, 0.6) is 0 Å². The number of rotatable bonds is 4. The first-order chi connectivity index (χ1) is 11.3. The second kappa shape index (κ2) is 7.72. The van der Waals surface area contributed by atoms with Crippen LogP contribution >= 0.6 is 43.5 Å². The number of ketones is 1. The first kappa shape index (κ1) is 19.0. The van der Waals surface area contributed by atoms with Crippen molar-refractivity contribution in [2.75, 3.05) is 7.11 Å². The molecule has 0 aliphatic rings. The van der Waals surface area contributed by atoms with E-state index >= 15 is 0 Å². The molecule has 8 heteroatoms. The number of methoxy groups -OCH3 is 1. The molecule has 2 rings (SSSR count). The summed E-state index contributed by atoms with van der Waals surface area (Å²) in [4.78, 5) is 24.4. The van der Waals surface area contributed by atoms with Crippen molar-refractivity contribution in [3.63, 3.8) is 0 Å². The van der Waals surface area contributed by atoms with E-state index in [4.69, 9.17) is 11.6 Å². The molecule has 3 nitrogen and oxygen atoms in total. The van der Waals surface area contributed by atoms with Gasteiger partial charge in [0.1, 0.15) is 11.6 Å². The van der Waals surface area contributed by atoms with E-state index < -0.39 is 23.4 Å². The second-order valence-corrected chi connectivity index (χ2v) is 6.41. The molecular weight excluding hydrogens is 473 g/mol. The van der Waals surface area contributed by atoms with Crippen molar-refractivity contribution >= 4 is 55.2 Å². The van der Waals surface area contributed by atoms with Gasteiger partial charge in [0.05, 0.1) is 23.3 Å². The third-order valence-corrected chi connectivity index (χ3v) is 5.02. The average molecular weight is 483 g/mol. The molecule has 0 saturated carbocycles. The van der Waals surface area contributed by atoms with Gasteiger partial charge in [-0.2, -0.15) is 0 Å². The Kier molecular flexibility index (Phi) is 6.11. The maximum atomic E-state index is 14.5. The highest BCUT2D eigenvalue weighted by Crippen LogP contribution is 2.33. The lowest BCUT2D eigenvalue weighted by Crippen LogP contribution is -2.13. The molecule has 0 radical (unpaired) electrons. The van der Waals surface area contributed by atoms with Crippen LogP contribution in [-0.2, 0) is 10.1 Å². The fourth-order valence-corrected chi connectivity index (χ4v) is 3.98. The Hall–Kier alpha value is -1.31. The molecule has 0 amide bonds. The number of alkyl halides is 1. The van der Waals surface area contributed by atoms with E-state index in [1.807, 2.05) is 0 Å². The van der Waals surface area contributed by atoms with Gasteiger partial charge in [0.2, 0.25) is 0 Å². The minimum absolute atomic E-state index is 0.00913. The molecule has 0 heterocycles. The van der Waals surface area contributed by atoms with Gasteiger partial charge >= 0.3 is 5.97 Å². The van der Waals surface area contributed by atoms with Crippen molar-refractivity contribution in [1.82, 2.24) is 0 Å². The summed E-state index contributed by atoms with van der Waals surface area (Å²) in [6, 6.07) is 4.14. The van der Waals surface area contributed by atoms with Crippen LogP contribution in [0.15, 0.2) is 28.7 Å². The Morgan fingerprint density at radius 2 is 1.88 bits per heavy atom. The van der Waals surface area contributed by atoms with Gasteiger partial charge in [-0.25, -0.2) is 13.6 Å². The molecule has 2 aromatic rings. The van der Waals surface area contributed by atoms with Gasteiger partial charge in [-0.1, -0.05) is 27.5 Å². The first-order valence-electron chi connectivity index (χ1n) is 6.46. The van der Waals surface area contributed by atoms with Gasteiger partial charge < -0.3 is 4.74 Å². The molecule has 0 aliphatic heterocycles. The molecule has 2 aromatic carbocycles. The van der Waals surface area contributed by atoms with E-state index in [-0.39, 0.29) is 31.5 Å². The molecule has 0 aliphatic carbocycles. The molecule has 0 aromatic heterocycles. The van der Waals surface area contributed by atoms with Crippen molar-refractivity contribution in [3.05, 3.63) is 67.6 Å². The van der Waals surface area contributed by atoms with E-state index in [1.54, 1.807) is 0 Å². The quantitative estimate of drug-likeness (QED) is 0.338. The smallest absolute Gasteiger partial charge is 0.338 e. The summed E-state index contributed by atoms with van der Waals surface area (Å²) < 4.78 is 32.6. The predicted octanol–water partition coefficient (Wildman–Crippen LogP) is 5.29. The zero-order chi connectivity index (χ0) is 18.0. The summed E-state index contributed by atoms with van der Waals surface area (Å²) in [5.41, 5.74) is -0.216. The Bertz CT molecular complexity index is 841. The standard InChI is InChI=1S/C16H9Br2ClF2O3/c1-24-16(23)8-5-12(21)13(14(18)10(8)6-17)15(22)9-4-7(20)2-3-11(9)19/h2-5H,6H2,1H3. The molecule has 0 saturated heterocycles. The minimum Gasteiger partial charge on any atom is -0.465 e. The molecule has 0 fully saturated rings. The van der Waals surface area contributed by atoms with Crippen molar-refractivity contribution < 1.29 is 23.1 Å². The molecule has 0 spiro atoms. The highest BCUT2D eigenvalue weighted by molar-refractivity contribution is 9.10. The Labute approximate surface area is 158 Å². The second-order valence-electron chi connectivity index (χ2n) is 4.65. The van der Waals surface area contributed by atoms with Crippen molar-refractivity contribution in [2.45, 2.75) is 5.33 Å².